The maximum atomic E-state index is 15.3. The highest BCUT2D eigenvalue weighted by atomic mass is 19.1. The van der Waals surface area contributed by atoms with Crippen LogP contribution in [0.2, 0.25) is 0 Å². The number of ether oxygens (including phenoxy) is 2. The van der Waals surface area contributed by atoms with E-state index in [1.54, 1.807) is 35.8 Å². The molecule has 0 bridgehead atoms. The third-order valence-corrected chi connectivity index (χ3v) is 6.82. The number of nitrogens with two attached hydrogens (primary N) is 1. The van der Waals surface area contributed by atoms with Crippen molar-refractivity contribution in [3.05, 3.63) is 57.6 Å². The zero-order valence-electron chi connectivity index (χ0n) is 21.0. The molecule has 1 aliphatic heterocycles. The zero-order valence-corrected chi connectivity index (χ0v) is 21.0. The highest BCUT2D eigenvalue weighted by molar-refractivity contribution is 5.95. The van der Waals surface area contributed by atoms with Crippen LogP contribution >= 0.6 is 0 Å². The second-order valence-electron chi connectivity index (χ2n) is 9.34. The second-order valence-corrected chi connectivity index (χ2v) is 9.34. The van der Waals surface area contributed by atoms with E-state index < -0.39 is 22.8 Å². The van der Waals surface area contributed by atoms with Crippen molar-refractivity contribution in [2.75, 3.05) is 38.8 Å². The number of fused-ring (bicyclic) bond motifs is 1. The predicted octanol–water partition coefficient (Wildman–Crippen LogP) is 2.55. The molecule has 1 aromatic carbocycles. The van der Waals surface area contributed by atoms with Crippen LogP contribution in [0.3, 0.4) is 0 Å². The number of hydrogen-bond donors (Lipinski definition) is 2. The molecule has 5 rings (SSSR count). The number of oxime groups is 1. The van der Waals surface area contributed by atoms with E-state index in [1.807, 2.05) is 6.07 Å². The molecule has 38 heavy (non-hydrogen) atoms. The Labute approximate surface area is 217 Å². The van der Waals surface area contributed by atoms with Crippen molar-refractivity contribution in [2.45, 2.75) is 25.5 Å². The summed E-state index contributed by atoms with van der Waals surface area (Å²) in [7, 11) is 3.11. The quantitative estimate of drug-likeness (QED) is 0.403. The van der Waals surface area contributed by atoms with E-state index in [0.29, 0.717) is 23.8 Å². The maximum absolute atomic E-state index is 15.3. The summed E-state index contributed by atoms with van der Waals surface area (Å²) in [6.07, 6.45) is 2.97. The number of carboxylic acids is 1. The minimum atomic E-state index is -1.35. The molecule has 200 valence electrons. The summed E-state index contributed by atoms with van der Waals surface area (Å²) < 4.78 is 27.5. The normalized spacial score (nSPS) is 18.3. The number of methoxy groups -OCH3 is 2. The molecule has 11 nitrogen and oxygen atoms in total. The number of rotatable bonds is 9. The van der Waals surface area contributed by atoms with Gasteiger partial charge in [-0.05, 0) is 36.6 Å². The molecule has 1 atom stereocenters. The summed E-state index contributed by atoms with van der Waals surface area (Å²) in [5.41, 5.74) is 6.56. The van der Waals surface area contributed by atoms with Gasteiger partial charge in [0.2, 0.25) is 5.43 Å². The molecule has 0 amide bonds. The Morgan fingerprint density at radius 3 is 2.66 bits per heavy atom. The summed E-state index contributed by atoms with van der Waals surface area (Å²) >= 11 is 0. The van der Waals surface area contributed by atoms with Gasteiger partial charge in [-0.2, -0.15) is 0 Å². The number of anilines is 1. The van der Waals surface area contributed by atoms with Gasteiger partial charge in [0, 0.05) is 31.2 Å². The van der Waals surface area contributed by atoms with E-state index in [0.717, 1.165) is 24.5 Å². The van der Waals surface area contributed by atoms with Crippen LogP contribution in [0.4, 0.5) is 10.2 Å². The molecule has 3 heterocycles. The topological polar surface area (TPSA) is 142 Å². The van der Waals surface area contributed by atoms with Crippen LogP contribution in [-0.4, -0.2) is 60.2 Å². The minimum absolute atomic E-state index is 0.0273. The van der Waals surface area contributed by atoms with E-state index in [-0.39, 0.29) is 48.5 Å². The van der Waals surface area contributed by atoms with Crippen LogP contribution in [0.25, 0.3) is 11.0 Å². The Kier molecular flexibility index (Phi) is 6.89. The Morgan fingerprint density at radius 1 is 1.24 bits per heavy atom. The first kappa shape index (κ1) is 25.5. The van der Waals surface area contributed by atoms with Gasteiger partial charge in [-0.3, -0.25) is 4.79 Å². The third kappa shape index (κ3) is 4.74. The smallest absolute Gasteiger partial charge is 0.341 e. The van der Waals surface area contributed by atoms with Crippen molar-refractivity contribution in [3.8, 4) is 11.5 Å². The van der Waals surface area contributed by atoms with Gasteiger partial charge in [0.25, 0.3) is 0 Å². The summed E-state index contributed by atoms with van der Waals surface area (Å²) in [5, 5.41) is 13.7. The van der Waals surface area contributed by atoms with Crippen molar-refractivity contribution in [1.29, 1.82) is 0 Å². The fraction of sp³-hybridized carbons (Fsp3) is 0.385. The molecule has 1 saturated carbocycles. The van der Waals surface area contributed by atoms with Gasteiger partial charge in [-0.1, -0.05) is 11.2 Å². The fourth-order valence-electron chi connectivity index (χ4n) is 4.64. The van der Waals surface area contributed by atoms with Crippen LogP contribution in [0.1, 0.15) is 34.8 Å². The van der Waals surface area contributed by atoms with Gasteiger partial charge >= 0.3 is 5.97 Å². The van der Waals surface area contributed by atoms with Crippen molar-refractivity contribution < 1.29 is 28.6 Å². The minimum Gasteiger partial charge on any atom is -0.493 e. The Hall–Kier alpha value is -4.19. The molecule has 3 N–H and O–H groups in total. The molecule has 2 aromatic heterocycles. The van der Waals surface area contributed by atoms with E-state index >= 15 is 4.39 Å². The standard InChI is InChI=1S/C26H28FN5O6/c1-36-21-6-3-14(7-22(21)37-2)13-38-30-20-12-31(10-15(20)9-28)25-19(27)8-17-23(33)18(26(34)35)11-32(16-4-5-16)24(17)29-25/h3,6-8,11,15-16H,4-5,9-10,12-13,28H2,1-2H3,(H,34,35)/b30-20+. The molecule has 3 aromatic rings. The SMILES string of the molecule is COc1ccc(CO/N=C2\CN(c3nc4c(cc3F)c(=O)c(C(=O)O)cn4C3CC3)CC2CN)cc1OC. The first-order chi connectivity index (χ1) is 18.3. The number of hydrogen-bond acceptors (Lipinski definition) is 9. The Balaban J connectivity index is 1.41. The average Bonchev–Trinajstić information content (AvgIpc) is 3.68. The van der Waals surface area contributed by atoms with Crippen molar-refractivity contribution in [2.24, 2.45) is 16.8 Å². The molecule has 2 aliphatic rings. The number of benzene rings is 1. The number of aromatic nitrogens is 2. The van der Waals surface area contributed by atoms with Gasteiger partial charge in [0.1, 0.15) is 17.8 Å². The molecular weight excluding hydrogens is 497 g/mol. The van der Waals surface area contributed by atoms with Crippen LogP contribution in [0, 0.1) is 11.7 Å². The lowest BCUT2D eigenvalue weighted by Gasteiger charge is -2.19. The lowest BCUT2D eigenvalue weighted by Crippen LogP contribution is -2.26. The van der Waals surface area contributed by atoms with E-state index in [2.05, 4.69) is 10.1 Å². The average molecular weight is 526 g/mol. The van der Waals surface area contributed by atoms with Gasteiger partial charge in [-0.25, -0.2) is 14.2 Å². The van der Waals surface area contributed by atoms with Crippen molar-refractivity contribution in [3.63, 3.8) is 0 Å². The summed E-state index contributed by atoms with van der Waals surface area (Å²) in [5.74, 6) is -1.02. The van der Waals surface area contributed by atoms with Crippen molar-refractivity contribution in [1.82, 2.24) is 9.55 Å². The largest absolute Gasteiger partial charge is 0.493 e. The molecule has 0 radical (unpaired) electrons. The first-order valence-electron chi connectivity index (χ1n) is 12.2. The van der Waals surface area contributed by atoms with Crippen LogP contribution in [-0.2, 0) is 11.4 Å². The summed E-state index contributed by atoms with van der Waals surface area (Å²) in [4.78, 5) is 36.1. The zero-order chi connectivity index (χ0) is 27.0. The van der Waals surface area contributed by atoms with Crippen LogP contribution in [0.5, 0.6) is 11.5 Å². The molecular formula is C26H28FN5O6. The Bertz CT molecular complexity index is 1490. The molecule has 0 spiro atoms. The maximum Gasteiger partial charge on any atom is 0.341 e. The van der Waals surface area contributed by atoms with E-state index in [4.69, 9.17) is 20.0 Å². The number of halogens is 1. The number of pyridine rings is 2. The number of carboxylic acid groups (broad SMARTS) is 1. The predicted molar refractivity (Wildman–Crippen MR) is 138 cm³/mol. The molecule has 2 fully saturated rings. The van der Waals surface area contributed by atoms with Gasteiger partial charge in [0.05, 0.1) is 31.9 Å². The summed E-state index contributed by atoms with van der Waals surface area (Å²) in [6, 6.07) is 6.51. The molecule has 1 aliphatic carbocycles. The molecule has 1 saturated heterocycles. The Morgan fingerprint density at radius 2 is 2.00 bits per heavy atom. The monoisotopic (exact) mass is 525 g/mol. The molecule has 1 unspecified atom stereocenters. The number of nitrogens with zero attached hydrogens (tertiary/aromatic N) is 4. The fourth-order valence-corrected chi connectivity index (χ4v) is 4.64. The lowest BCUT2D eigenvalue weighted by atomic mass is 10.1. The number of aromatic carboxylic acids is 1. The van der Waals surface area contributed by atoms with E-state index in [1.165, 1.54) is 6.20 Å². The highest BCUT2D eigenvalue weighted by Gasteiger charge is 2.33. The lowest BCUT2D eigenvalue weighted by molar-refractivity contribution is 0.0695. The second kappa shape index (κ2) is 10.3. The number of carbonyl (C=O) groups is 1. The summed E-state index contributed by atoms with van der Waals surface area (Å²) in [6.45, 7) is 1.07. The first-order valence-corrected chi connectivity index (χ1v) is 12.2. The molecule has 12 heteroatoms. The third-order valence-electron chi connectivity index (χ3n) is 6.82. The van der Waals surface area contributed by atoms with Crippen LogP contribution in [0.15, 0.2) is 40.4 Å². The van der Waals surface area contributed by atoms with Gasteiger partial charge in [-0.15, -0.1) is 0 Å². The van der Waals surface area contributed by atoms with Gasteiger partial charge in [0.15, 0.2) is 23.1 Å². The van der Waals surface area contributed by atoms with Gasteiger partial charge < -0.3 is 34.6 Å². The highest BCUT2D eigenvalue weighted by Crippen LogP contribution is 2.37. The van der Waals surface area contributed by atoms with Crippen molar-refractivity contribution >= 4 is 28.5 Å². The van der Waals surface area contributed by atoms with E-state index in [9.17, 15) is 14.7 Å². The van der Waals surface area contributed by atoms with Crippen LogP contribution < -0.4 is 25.5 Å².